The van der Waals surface area contributed by atoms with Gasteiger partial charge in [0.05, 0.1) is 5.56 Å². The molecule has 0 aromatic heterocycles. The summed E-state index contributed by atoms with van der Waals surface area (Å²) >= 11 is 0. The molecule has 0 unspecified atom stereocenters. The number of imide groups is 1. The minimum Gasteiger partial charge on any atom is -0.508 e. The normalized spacial score (nSPS) is 16.0. The summed E-state index contributed by atoms with van der Waals surface area (Å²) in [6, 6.07) is 4.98. The van der Waals surface area contributed by atoms with Crippen LogP contribution in [-0.2, 0) is 9.53 Å². The number of phenols is 1. The summed E-state index contributed by atoms with van der Waals surface area (Å²) in [5, 5.41) is 14.1. The van der Waals surface area contributed by atoms with Crippen LogP contribution in [0, 0.1) is 0 Å². The highest BCUT2D eigenvalue weighted by atomic mass is 16.5. The van der Waals surface area contributed by atoms with Gasteiger partial charge in [-0.15, -0.1) is 0 Å². The van der Waals surface area contributed by atoms with Crippen LogP contribution in [0.4, 0.5) is 4.79 Å². The van der Waals surface area contributed by atoms with Crippen molar-refractivity contribution in [3.05, 3.63) is 29.8 Å². The third-order valence-electron chi connectivity index (χ3n) is 3.93. The third kappa shape index (κ3) is 5.26. The fourth-order valence-corrected chi connectivity index (χ4v) is 2.56. The second-order valence-electron chi connectivity index (χ2n) is 5.89. The van der Waals surface area contributed by atoms with Crippen LogP contribution in [-0.4, -0.2) is 35.2 Å². The number of urea groups is 1. The molecule has 130 valence electrons. The van der Waals surface area contributed by atoms with Gasteiger partial charge in [0.15, 0.2) is 6.10 Å². The largest absolute Gasteiger partial charge is 0.508 e. The van der Waals surface area contributed by atoms with Crippen molar-refractivity contribution in [2.75, 3.05) is 0 Å². The first-order valence-electron chi connectivity index (χ1n) is 8.07. The monoisotopic (exact) mass is 334 g/mol. The molecule has 0 spiro atoms. The van der Waals surface area contributed by atoms with Crippen LogP contribution in [0.25, 0.3) is 0 Å². The molecular formula is C17H22N2O5. The fraction of sp³-hybridized carbons (Fsp3) is 0.471. The van der Waals surface area contributed by atoms with E-state index in [-0.39, 0.29) is 17.4 Å². The minimum absolute atomic E-state index is 0.0247. The van der Waals surface area contributed by atoms with Crippen LogP contribution in [0.5, 0.6) is 5.75 Å². The molecule has 1 atom stereocenters. The highest BCUT2D eigenvalue weighted by molar-refractivity contribution is 5.98. The summed E-state index contributed by atoms with van der Waals surface area (Å²) < 4.78 is 5.02. The average molecular weight is 334 g/mol. The lowest BCUT2D eigenvalue weighted by atomic mass is 9.96. The maximum absolute atomic E-state index is 11.9. The van der Waals surface area contributed by atoms with Crippen LogP contribution < -0.4 is 10.6 Å². The van der Waals surface area contributed by atoms with Gasteiger partial charge in [-0.3, -0.25) is 10.1 Å². The maximum atomic E-state index is 11.9. The lowest BCUT2D eigenvalue weighted by molar-refractivity contribution is -0.127. The summed E-state index contributed by atoms with van der Waals surface area (Å²) in [5.41, 5.74) is 0.208. The zero-order valence-electron chi connectivity index (χ0n) is 13.6. The van der Waals surface area contributed by atoms with Gasteiger partial charge >= 0.3 is 12.0 Å². The third-order valence-corrected chi connectivity index (χ3v) is 3.93. The van der Waals surface area contributed by atoms with Crippen LogP contribution in [0.1, 0.15) is 49.4 Å². The van der Waals surface area contributed by atoms with Crippen LogP contribution in [0.15, 0.2) is 24.3 Å². The molecule has 3 amide bonds. The molecule has 7 heteroatoms. The fourth-order valence-electron chi connectivity index (χ4n) is 2.56. The first-order chi connectivity index (χ1) is 11.5. The van der Waals surface area contributed by atoms with Crippen molar-refractivity contribution in [2.24, 2.45) is 0 Å². The van der Waals surface area contributed by atoms with Crippen molar-refractivity contribution in [1.82, 2.24) is 10.6 Å². The number of carbonyl (C=O) groups is 3. The van der Waals surface area contributed by atoms with Crippen molar-refractivity contribution in [1.29, 1.82) is 0 Å². The van der Waals surface area contributed by atoms with E-state index in [1.165, 1.54) is 37.6 Å². The molecule has 0 saturated heterocycles. The molecule has 1 aromatic rings. The van der Waals surface area contributed by atoms with Crippen LogP contribution in [0.2, 0.25) is 0 Å². The molecule has 1 fully saturated rings. The molecule has 0 radical (unpaired) electrons. The van der Waals surface area contributed by atoms with Gasteiger partial charge in [-0.1, -0.05) is 19.3 Å². The number of ether oxygens (including phenoxy) is 1. The van der Waals surface area contributed by atoms with Gasteiger partial charge in [-0.05, 0) is 44.0 Å². The summed E-state index contributed by atoms with van der Waals surface area (Å²) in [7, 11) is 0. The van der Waals surface area contributed by atoms with E-state index in [0.29, 0.717) is 0 Å². The van der Waals surface area contributed by atoms with Gasteiger partial charge in [0.25, 0.3) is 5.91 Å². The predicted molar refractivity (Wildman–Crippen MR) is 86.5 cm³/mol. The number of carbonyl (C=O) groups excluding carboxylic acids is 3. The van der Waals surface area contributed by atoms with E-state index >= 15 is 0 Å². The minimum atomic E-state index is -1.11. The number of esters is 1. The molecule has 2 rings (SSSR count). The Morgan fingerprint density at radius 2 is 1.75 bits per heavy atom. The first kappa shape index (κ1) is 17.8. The number of aromatic hydroxyl groups is 1. The lowest BCUT2D eigenvalue weighted by Crippen LogP contribution is -2.48. The molecule has 1 aromatic carbocycles. The van der Waals surface area contributed by atoms with Gasteiger partial charge < -0.3 is 15.2 Å². The number of rotatable bonds is 4. The summed E-state index contributed by atoms with van der Waals surface area (Å²) in [4.78, 5) is 35.6. The van der Waals surface area contributed by atoms with Gasteiger partial charge in [0, 0.05) is 6.04 Å². The van der Waals surface area contributed by atoms with E-state index in [9.17, 15) is 19.5 Å². The van der Waals surface area contributed by atoms with Crippen molar-refractivity contribution >= 4 is 17.9 Å². The second kappa shape index (κ2) is 8.33. The molecule has 1 aliphatic carbocycles. The second-order valence-corrected chi connectivity index (χ2v) is 5.89. The SMILES string of the molecule is C[C@@H](OC(=O)c1ccc(O)cc1)C(=O)NC(=O)NC1CCCCC1. The van der Waals surface area contributed by atoms with Crippen LogP contribution >= 0.6 is 0 Å². The van der Waals surface area contributed by atoms with Crippen molar-refractivity contribution in [2.45, 2.75) is 51.2 Å². The summed E-state index contributed by atoms with van der Waals surface area (Å²) in [5.74, 6) is -1.36. The van der Waals surface area contributed by atoms with Crippen LogP contribution in [0.3, 0.4) is 0 Å². The zero-order valence-corrected chi connectivity index (χ0v) is 13.6. The molecule has 0 aliphatic heterocycles. The number of hydrogen-bond donors (Lipinski definition) is 3. The Balaban J connectivity index is 1.79. The van der Waals surface area contributed by atoms with E-state index in [2.05, 4.69) is 10.6 Å². The van der Waals surface area contributed by atoms with Crippen molar-refractivity contribution in [3.8, 4) is 5.75 Å². The standard InChI is InChI=1S/C17H22N2O5/c1-11(24-16(22)12-7-9-14(20)10-8-12)15(21)19-17(23)18-13-5-3-2-4-6-13/h7-11,13,20H,2-6H2,1H3,(H2,18,19,21,23)/t11-/m1/s1. The van der Waals surface area contributed by atoms with E-state index in [4.69, 9.17) is 4.74 Å². The van der Waals surface area contributed by atoms with Gasteiger partial charge in [0.1, 0.15) is 5.75 Å². The first-order valence-corrected chi connectivity index (χ1v) is 8.07. The Kier molecular flexibility index (Phi) is 6.17. The number of phenolic OH excluding ortho intramolecular Hbond substituents is 1. The maximum Gasteiger partial charge on any atom is 0.338 e. The Morgan fingerprint density at radius 1 is 1.12 bits per heavy atom. The number of amides is 3. The Hall–Kier alpha value is -2.57. The molecule has 24 heavy (non-hydrogen) atoms. The topological polar surface area (TPSA) is 105 Å². The number of benzene rings is 1. The molecule has 1 aliphatic rings. The molecular weight excluding hydrogens is 312 g/mol. The molecule has 0 heterocycles. The van der Waals surface area contributed by atoms with Gasteiger partial charge in [-0.25, -0.2) is 9.59 Å². The number of hydrogen-bond acceptors (Lipinski definition) is 5. The molecule has 1 saturated carbocycles. The van der Waals surface area contributed by atoms with E-state index in [1.807, 2.05) is 0 Å². The smallest absolute Gasteiger partial charge is 0.338 e. The van der Waals surface area contributed by atoms with E-state index in [1.54, 1.807) is 0 Å². The highest BCUT2D eigenvalue weighted by Gasteiger charge is 2.22. The molecule has 3 N–H and O–H groups in total. The van der Waals surface area contributed by atoms with Crippen molar-refractivity contribution < 1.29 is 24.2 Å². The quantitative estimate of drug-likeness (QED) is 0.731. The molecule has 0 bridgehead atoms. The van der Waals surface area contributed by atoms with Crippen molar-refractivity contribution in [3.63, 3.8) is 0 Å². The van der Waals surface area contributed by atoms with E-state index in [0.717, 1.165) is 25.7 Å². The van der Waals surface area contributed by atoms with Gasteiger partial charge in [-0.2, -0.15) is 0 Å². The summed E-state index contributed by atoms with van der Waals surface area (Å²) in [6.45, 7) is 1.39. The Labute approximate surface area is 140 Å². The Bertz CT molecular complexity index is 594. The Morgan fingerprint density at radius 3 is 2.38 bits per heavy atom. The van der Waals surface area contributed by atoms with Gasteiger partial charge in [0.2, 0.25) is 0 Å². The highest BCUT2D eigenvalue weighted by Crippen LogP contribution is 2.17. The lowest BCUT2D eigenvalue weighted by Gasteiger charge is -2.23. The summed E-state index contributed by atoms with van der Waals surface area (Å²) in [6.07, 6.45) is 4.02. The molecule has 7 nitrogen and oxygen atoms in total. The zero-order chi connectivity index (χ0) is 17.5. The van der Waals surface area contributed by atoms with E-state index < -0.39 is 24.0 Å². The average Bonchev–Trinajstić information content (AvgIpc) is 2.56. The number of nitrogens with one attached hydrogen (secondary N) is 2. The predicted octanol–water partition coefficient (Wildman–Crippen LogP) is 2.10.